The van der Waals surface area contributed by atoms with E-state index >= 15 is 0 Å². The van der Waals surface area contributed by atoms with Gasteiger partial charge in [-0.3, -0.25) is 0 Å². The Morgan fingerprint density at radius 3 is 2.59 bits per heavy atom. The molecule has 2 fully saturated rings. The molecule has 2 bridgehead atoms. The van der Waals surface area contributed by atoms with Crippen LogP contribution in [-0.4, -0.2) is 7.05 Å². The van der Waals surface area contributed by atoms with E-state index in [1.807, 2.05) is 0 Å². The summed E-state index contributed by atoms with van der Waals surface area (Å²) in [6.45, 7) is 0. The molecule has 1 aromatic carbocycles. The fourth-order valence-electron chi connectivity index (χ4n) is 4.07. The number of hydrogen-bond donors (Lipinski definition) is 1. The first-order chi connectivity index (χ1) is 8.36. The van der Waals surface area contributed by atoms with E-state index in [0.29, 0.717) is 6.04 Å². The summed E-state index contributed by atoms with van der Waals surface area (Å²) in [7, 11) is 2.10. The summed E-state index contributed by atoms with van der Waals surface area (Å²) in [5.74, 6) is 3.09. The molecule has 1 aromatic rings. The van der Waals surface area contributed by atoms with E-state index in [1.54, 1.807) is 0 Å². The zero-order valence-electron chi connectivity index (χ0n) is 10.7. The minimum absolute atomic E-state index is 0.556. The van der Waals surface area contributed by atoms with Crippen molar-refractivity contribution in [1.29, 1.82) is 0 Å². The molecule has 0 saturated heterocycles. The molecule has 92 valence electrons. The van der Waals surface area contributed by atoms with Crippen LogP contribution in [0.4, 0.5) is 0 Å². The Morgan fingerprint density at radius 2 is 2.00 bits per heavy atom. The van der Waals surface area contributed by atoms with Crippen molar-refractivity contribution < 1.29 is 0 Å². The van der Waals surface area contributed by atoms with Gasteiger partial charge in [-0.25, -0.2) is 0 Å². The third-order valence-corrected chi connectivity index (χ3v) is 4.97. The number of hydrogen-bond acceptors (Lipinski definition) is 1. The first kappa shape index (κ1) is 11.3. The largest absolute Gasteiger partial charge is 0.313 e. The second-order valence-electron chi connectivity index (χ2n) is 5.92. The van der Waals surface area contributed by atoms with Gasteiger partial charge in [0.25, 0.3) is 0 Å². The summed E-state index contributed by atoms with van der Waals surface area (Å²) in [6, 6.07) is 11.5. The van der Waals surface area contributed by atoms with Gasteiger partial charge in [-0.2, -0.15) is 0 Å². The highest BCUT2D eigenvalue weighted by atomic mass is 14.9. The van der Waals surface area contributed by atoms with Gasteiger partial charge >= 0.3 is 0 Å². The second kappa shape index (κ2) is 4.81. The van der Waals surface area contributed by atoms with E-state index in [0.717, 1.165) is 17.8 Å². The van der Waals surface area contributed by atoms with Gasteiger partial charge in [-0.1, -0.05) is 36.8 Å². The first-order valence-electron chi connectivity index (χ1n) is 7.09. The second-order valence-corrected chi connectivity index (χ2v) is 5.92. The van der Waals surface area contributed by atoms with Gasteiger partial charge < -0.3 is 5.32 Å². The Kier molecular flexibility index (Phi) is 3.19. The van der Waals surface area contributed by atoms with Gasteiger partial charge in [0.1, 0.15) is 0 Å². The van der Waals surface area contributed by atoms with E-state index in [9.17, 15) is 0 Å². The SMILES string of the molecule is CNC(CC1CC2CCC1C2)c1ccccc1. The van der Waals surface area contributed by atoms with Crippen LogP contribution in [0.1, 0.15) is 43.7 Å². The molecule has 2 aliphatic rings. The predicted molar refractivity (Wildman–Crippen MR) is 71.8 cm³/mol. The zero-order chi connectivity index (χ0) is 11.7. The third-order valence-electron chi connectivity index (χ3n) is 4.97. The van der Waals surface area contributed by atoms with Crippen molar-refractivity contribution in [3.05, 3.63) is 35.9 Å². The standard InChI is InChI=1S/C16H23N/c1-17-16(13-5-3-2-4-6-13)11-15-10-12-7-8-14(15)9-12/h2-6,12,14-17H,7-11H2,1H3. The Hall–Kier alpha value is -0.820. The van der Waals surface area contributed by atoms with Crippen LogP contribution in [0.2, 0.25) is 0 Å². The quantitative estimate of drug-likeness (QED) is 0.828. The van der Waals surface area contributed by atoms with Crippen molar-refractivity contribution in [3.8, 4) is 0 Å². The minimum Gasteiger partial charge on any atom is -0.313 e. The summed E-state index contributed by atoms with van der Waals surface area (Å²) in [5.41, 5.74) is 1.46. The van der Waals surface area contributed by atoms with Crippen LogP contribution in [0.3, 0.4) is 0 Å². The molecule has 2 saturated carbocycles. The lowest BCUT2D eigenvalue weighted by atomic mass is 9.83. The Labute approximate surface area is 105 Å². The molecule has 0 heterocycles. The van der Waals surface area contributed by atoms with Gasteiger partial charge in [0, 0.05) is 6.04 Å². The van der Waals surface area contributed by atoms with E-state index in [2.05, 4.69) is 42.7 Å². The van der Waals surface area contributed by atoms with Crippen LogP contribution >= 0.6 is 0 Å². The highest BCUT2D eigenvalue weighted by molar-refractivity contribution is 5.19. The number of nitrogens with one attached hydrogen (secondary N) is 1. The molecule has 17 heavy (non-hydrogen) atoms. The highest BCUT2D eigenvalue weighted by Crippen LogP contribution is 2.50. The summed E-state index contributed by atoms with van der Waals surface area (Å²) in [6.07, 6.45) is 7.37. The maximum Gasteiger partial charge on any atom is 0.0320 e. The molecule has 3 rings (SSSR count). The van der Waals surface area contributed by atoms with E-state index in [4.69, 9.17) is 0 Å². The third kappa shape index (κ3) is 2.26. The fraction of sp³-hybridized carbons (Fsp3) is 0.625. The lowest BCUT2D eigenvalue weighted by Gasteiger charge is -2.26. The monoisotopic (exact) mass is 229 g/mol. The van der Waals surface area contributed by atoms with Gasteiger partial charge in [0.2, 0.25) is 0 Å². The predicted octanol–water partition coefficient (Wildman–Crippen LogP) is 3.77. The highest BCUT2D eigenvalue weighted by Gasteiger charge is 2.40. The molecule has 1 heteroatoms. The molecule has 4 unspecified atom stereocenters. The smallest absolute Gasteiger partial charge is 0.0320 e. The molecule has 2 aliphatic carbocycles. The van der Waals surface area contributed by atoms with Gasteiger partial charge in [0.05, 0.1) is 0 Å². The molecule has 0 aliphatic heterocycles. The van der Waals surface area contributed by atoms with Crippen molar-refractivity contribution >= 4 is 0 Å². The number of fused-ring (bicyclic) bond motifs is 2. The fourth-order valence-corrected chi connectivity index (χ4v) is 4.07. The summed E-state index contributed by atoms with van der Waals surface area (Å²) in [5, 5.41) is 3.50. The molecule has 4 atom stereocenters. The molecule has 1 nitrogen and oxygen atoms in total. The lowest BCUT2D eigenvalue weighted by molar-refractivity contribution is 0.284. The van der Waals surface area contributed by atoms with Crippen LogP contribution < -0.4 is 5.32 Å². The molecular weight excluding hydrogens is 206 g/mol. The molecular formula is C16H23N. The Balaban J connectivity index is 1.67. The number of rotatable bonds is 4. The van der Waals surface area contributed by atoms with Crippen molar-refractivity contribution in [2.45, 2.75) is 38.1 Å². The Bertz CT molecular complexity index is 359. The van der Waals surface area contributed by atoms with Crippen molar-refractivity contribution in [2.75, 3.05) is 7.05 Å². The molecule has 0 amide bonds. The Morgan fingerprint density at radius 1 is 1.18 bits per heavy atom. The first-order valence-corrected chi connectivity index (χ1v) is 7.09. The van der Waals surface area contributed by atoms with Crippen LogP contribution in [0, 0.1) is 17.8 Å². The van der Waals surface area contributed by atoms with Gasteiger partial charge in [-0.05, 0) is 56.0 Å². The van der Waals surface area contributed by atoms with E-state index in [1.165, 1.54) is 37.7 Å². The van der Waals surface area contributed by atoms with Gasteiger partial charge in [0.15, 0.2) is 0 Å². The lowest BCUT2D eigenvalue weighted by Crippen LogP contribution is -2.22. The minimum atomic E-state index is 0.556. The molecule has 0 spiro atoms. The summed E-state index contributed by atoms with van der Waals surface area (Å²) >= 11 is 0. The van der Waals surface area contributed by atoms with Crippen LogP contribution in [0.25, 0.3) is 0 Å². The van der Waals surface area contributed by atoms with Crippen LogP contribution in [0.5, 0.6) is 0 Å². The van der Waals surface area contributed by atoms with Gasteiger partial charge in [-0.15, -0.1) is 0 Å². The zero-order valence-corrected chi connectivity index (χ0v) is 10.7. The normalized spacial score (nSPS) is 32.9. The summed E-state index contributed by atoms with van der Waals surface area (Å²) in [4.78, 5) is 0. The van der Waals surface area contributed by atoms with Crippen molar-refractivity contribution in [2.24, 2.45) is 17.8 Å². The molecule has 1 N–H and O–H groups in total. The van der Waals surface area contributed by atoms with Crippen LogP contribution in [0.15, 0.2) is 30.3 Å². The van der Waals surface area contributed by atoms with E-state index < -0.39 is 0 Å². The summed E-state index contributed by atoms with van der Waals surface area (Å²) < 4.78 is 0. The van der Waals surface area contributed by atoms with Crippen molar-refractivity contribution in [3.63, 3.8) is 0 Å². The molecule has 0 radical (unpaired) electrons. The molecule has 0 aromatic heterocycles. The van der Waals surface area contributed by atoms with Crippen molar-refractivity contribution in [1.82, 2.24) is 5.32 Å². The maximum atomic E-state index is 3.50. The van der Waals surface area contributed by atoms with Crippen LogP contribution in [-0.2, 0) is 0 Å². The topological polar surface area (TPSA) is 12.0 Å². The average Bonchev–Trinajstić information content (AvgIpc) is 2.99. The maximum absolute atomic E-state index is 3.50. The number of benzene rings is 1. The average molecular weight is 229 g/mol. The van der Waals surface area contributed by atoms with E-state index in [-0.39, 0.29) is 0 Å².